The minimum atomic E-state index is 0.502. The van der Waals surface area contributed by atoms with Gasteiger partial charge in [-0.15, -0.1) is 6.58 Å². The number of fused-ring (bicyclic) bond motifs is 1. The van der Waals surface area contributed by atoms with Crippen molar-refractivity contribution in [2.24, 2.45) is 4.99 Å². The summed E-state index contributed by atoms with van der Waals surface area (Å²) in [6.45, 7) is 21.2. The third kappa shape index (κ3) is 11.3. The Kier molecular flexibility index (Phi) is 17.7. The molecule has 0 saturated heterocycles. The van der Waals surface area contributed by atoms with Crippen molar-refractivity contribution in [3.63, 3.8) is 0 Å². The number of allylic oxidation sites excluding steroid dienone is 5. The number of aldehydes is 1. The second-order valence-electron chi connectivity index (χ2n) is 7.38. The fourth-order valence-corrected chi connectivity index (χ4v) is 3.81. The van der Waals surface area contributed by atoms with Crippen LogP contribution in [0.4, 0.5) is 0 Å². The minimum absolute atomic E-state index is 0.502. The van der Waals surface area contributed by atoms with Gasteiger partial charge in [-0.05, 0) is 57.2 Å². The minimum Gasteiger partial charge on any atom is -0.316 e. The Morgan fingerprint density at radius 1 is 1.14 bits per heavy atom. The first-order valence-corrected chi connectivity index (χ1v) is 12.9. The molecule has 1 aromatic carbocycles. The van der Waals surface area contributed by atoms with Crippen molar-refractivity contribution in [1.29, 1.82) is 5.41 Å². The Morgan fingerprint density at radius 3 is 2.30 bits per heavy atom. The van der Waals surface area contributed by atoms with Crippen LogP contribution in [0.15, 0.2) is 112 Å². The fraction of sp³-hybridized carbons (Fsp3) is 0.226. The van der Waals surface area contributed by atoms with E-state index >= 15 is 0 Å². The molecule has 0 saturated carbocycles. The van der Waals surface area contributed by atoms with Gasteiger partial charge in [0.25, 0.3) is 0 Å². The molecule has 0 bridgehead atoms. The largest absolute Gasteiger partial charge is 0.316 e. The molecule has 0 unspecified atom stereocenters. The van der Waals surface area contributed by atoms with Crippen LogP contribution in [0.5, 0.6) is 0 Å². The number of hydrogen-bond donors (Lipinski definition) is 2. The van der Waals surface area contributed by atoms with Crippen LogP contribution in [0.2, 0.25) is 0 Å². The standard InChI is InChI=1S/C21H18N2OS.C5H10N2.C3H6.C2H6/c1-4-16(13-24)12-18-15(3)25-19-10-6-5-9-17(19)21(23-18)20-14(2)8-7-11-22-20;1-5(3-6)4-7-2;1-3-2;1-2/h4-13H,1H2,2-3H3;3,6-7H,1,4H2,2H3;3H,1H2,2H3;1-2H3/b16-12+;;;. The number of carbonyl (C=O) groups excluding carboxylic acids is 1. The second-order valence-corrected chi connectivity index (χ2v) is 8.63. The number of rotatable bonds is 7. The van der Waals surface area contributed by atoms with Crippen LogP contribution in [0.1, 0.15) is 44.5 Å². The first-order valence-electron chi connectivity index (χ1n) is 12.0. The quantitative estimate of drug-likeness (QED) is 0.131. The number of nitrogens with zero attached hydrogens (tertiary/aromatic N) is 2. The van der Waals surface area contributed by atoms with Crippen LogP contribution in [0.25, 0.3) is 0 Å². The maximum absolute atomic E-state index is 11.2. The summed E-state index contributed by atoms with van der Waals surface area (Å²) in [4.78, 5) is 22.8. The molecule has 0 spiro atoms. The van der Waals surface area contributed by atoms with Crippen molar-refractivity contribution < 1.29 is 4.79 Å². The lowest BCUT2D eigenvalue weighted by Gasteiger charge is -2.10. The Morgan fingerprint density at radius 2 is 1.78 bits per heavy atom. The average molecular weight is 517 g/mol. The Labute approximate surface area is 227 Å². The molecule has 1 aromatic heterocycles. The highest BCUT2D eigenvalue weighted by Gasteiger charge is 2.20. The lowest BCUT2D eigenvalue weighted by Crippen LogP contribution is -2.09. The highest BCUT2D eigenvalue weighted by molar-refractivity contribution is 8.03. The van der Waals surface area contributed by atoms with Gasteiger partial charge in [0.05, 0.1) is 17.1 Å². The number of hydrogen-bond acceptors (Lipinski definition) is 6. The van der Waals surface area contributed by atoms with Gasteiger partial charge in [-0.3, -0.25) is 9.78 Å². The van der Waals surface area contributed by atoms with Gasteiger partial charge in [-0.1, -0.05) is 75.2 Å². The molecular weight excluding hydrogens is 476 g/mol. The summed E-state index contributed by atoms with van der Waals surface area (Å²) in [5.41, 5.74) is 5.83. The molecule has 0 radical (unpaired) electrons. The molecule has 1 aliphatic rings. The zero-order chi connectivity index (χ0) is 28.2. The summed E-state index contributed by atoms with van der Waals surface area (Å²) >= 11 is 1.65. The number of aliphatic imine (C=N–C) groups is 1. The molecule has 5 nitrogen and oxygen atoms in total. The van der Waals surface area contributed by atoms with Crippen LogP contribution in [0.3, 0.4) is 0 Å². The smallest absolute Gasteiger partial charge is 0.150 e. The molecule has 1 aliphatic heterocycles. The van der Waals surface area contributed by atoms with E-state index in [4.69, 9.17) is 10.4 Å². The van der Waals surface area contributed by atoms with E-state index in [1.54, 1.807) is 30.1 Å². The van der Waals surface area contributed by atoms with E-state index in [2.05, 4.69) is 42.2 Å². The van der Waals surface area contributed by atoms with E-state index in [-0.39, 0.29) is 0 Å². The van der Waals surface area contributed by atoms with E-state index in [0.29, 0.717) is 12.1 Å². The third-order valence-corrected chi connectivity index (χ3v) is 5.61. The summed E-state index contributed by atoms with van der Waals surface area (Å²) < 4.78 is 0. The first-order chi connectivity index (χ1) is 17.9. The van der Waals surface area contributed by atoms with Gasteiger partial charge in [0.2, 0.25) is 0 Å². The van der Waals surface area contributed by atoms with Crippen molar-refractivity contribution in [2.45, 2.75) is 39.5 Å². The van der Waals surface area contributed by atoms with Crippen molar-refractivity contribution in [2.75, 3.05) is 13.6 Å². The first kappa shape index (κ1) is 33.4. The predicted octanol–water partition coefficient (Wildman–Crippen LogP) is 7.51. The van der Waals surface area contributed by atoms with Crippen LogP contribution >= 0.6 is 11.8 Å². The Hall–Kier alpha value is -3.61. The Bertz CT molecular complexity index is 1150. The van der Waals surface area contributed by atoms with Gasteiger partial charge in [0.1, 0.15) is 6.29 Å². The normalized spacial score (nSPS) is 11.8. The summed E-state index contributed by atoms with van der Waals surface area (Å²) in [5.74, 6) is 0. The van der Waals surface area contributed by atoms with E-state index in [9.17, 15) is 4.79 Å². The second kappa shape index (κ2) is 19.6. The molecule has 2 N–H and O–H groups in total. The van der Waals surface area contributed by atoms with Crippen LogP contribution in [-0.4, -0.2) is 36.8 Å². The summed E-state index contributed by atoms with van der Waals surface area (Å²) in [6, 6.07) is 12.1. The zero-order valence-electron chi connectivity index (χ0n) is 23.0. The van der Waals surface area contributed by atoms with Crippen molar-refractivity contribution >= 4 is 30.0 Å². The van der Waals surface area contributed by atoms with Crippen LogP contribution in [-0.2, 0) is 4.79 Å². The number of aromatic nitrogens is 1. The summed E-state index contributed by atoms with van der Waals surface area (Å²) in [6.07, 6.45) is 8.87. The summed E-state index contributed by atoms with van der Waals surface area (Å²) in [5, 5.41) is 9.52. The lowest BCUT2D eigenvalue weighted by atomic mass is 10.0. The molecule has 0 amide bonds. The molecule has 2 aromatic rings. The van der Waals surface area contributed by atoms with E-state index in [1.165, 1.54) is 12.3 Å². The van der Waals surface area contributed by atoms with Crippen molar-refractivity contribution in [3.8, 4) is 0 Å². The van der Waals surface area contributed by atoms with E-state index < -0.39 is 0 Å². The Balaban J connectivity index is 0.000000913. The number of aryl methyl sites for hydroxylation is 1. The summed E-state index contributed by atoms with van der Waals surface area (Å²) in [7, 11) is 1.83. The van der Waals surface area contributed by atoms with Gasteiger partial charge in [-0.2, -0.15) is 0 Å². The molecule has 0 fully saturated rings. The van der Waals surface area contributed by atoms with Crippen LogP contribution < -0.4 is 5.32 Å². The molecule has 3 rings (SSSR count). The molecular formula is C31H40N4OS. The highest BCUT2D eigenvalue weighted by atomic mass is 32.2. The maximum Gasteiger partial charge on any atom is 0.150 e. The van der Waals surface area contributed by atoms with Crippen molar-refractivity contribution in [1.82, 2.24) is 10.3 Å². The number of thioether (sulfide) groups is 1. The van der Waals surface area contributed by atoms with Gasteiger partial charge in [-0.25, -0.2) is 4.99 Å². The molecule has 6 heteroatoms. The molecule has 0 atom stereocenters. The molecule has 0 aliphatic carbocycles. The predicted molar refractivity (Wildman–Crippen MR) is 163 cm³/mol. The maximum atomic E-state index is 11.2. The average Bonchev–Trinajstić information content (AvgIpc) is 3.05. The highest BCUT2D eigenvalue weighted by Crippen LogP contribution is 2.37. The number of carbonyl (C=O) groups is 1. The number of nitrogens with one attached hydrogen (secondary N) is 2. The fourth-order valence-electron chi connectivity index (χ4n) is 2.85. The van der Waals surface area contributed by atoms with E-state index in [1.807, 2.05) is 65.9 Å². The van der Waals surface area contributed by atoms with Gasteiger partial charge in [0, 0.05) is 39.9 Å². The molecule has 37 heavy (non-hydrogen) atoms. The number of likely N-dealkylation sites (N-methyl/N-ethyl adjacent to an activating group) is 1. The third-order valence-electron chi connectivity index (χ3n) is 4.52. The van der Waals surface area contributed by atoms with Gasteiger partial charge in [0.15, 0.2) is 0 Å². The monoisotopic (exact) mass is 516 g/mol. The topological polar surface area (TPSA) is 78.2 Å². The van der Waals surface area contributed by atoms with Gasteiger partial charge >= 0.3 is 0 Å². The van der Waals surface area contributed by atoms with Crippen molar-refractivity contribution in [3.05, 3.63) is 119 Å². The van der Waals surface area contributed by atoms with E-state index in [0.717, 1.165) is 49.9 Å². The number of pyridine rings is 1. The number of benzene rings is 1. The lowest BCUT2D eigenvalue weighted by molar-refractivity contribution is -0.104. The van der Waals surface area contributed by atoms with Gasteiger partial charge < -0.3 is 10.7 Å². The van der Waals surface area contributed by atoms with Crippen LogP contribution in [0, 0.1) is 12.3 Å². The zero-order valence-corrected chi connectivity index (χ0v) is 23.8. The SMILES string of the molecule is C=C(C=N)CNC.C=C/C(C=O)=C\C1=C(C)Sc2ccccc2C(c2ncccc2C)=N1.C=CC.CC. The molecule has 196 valence electrons. The molecule has 2 heterocycles.